The van der Waals surface area contributed by atoms with Gasteiger partial charge in [0.1, 0.15) is 0 Å². The smallest absolute Gasteiger partial charge is 0.335 e. The molecule has 2 rings (SSSR count). The van der Waals surface area contributed by atoms with Gasteiger partial charge in [-0.05, 0) is 38.9 Å². The first-order chi connectivity index (χ1) is 12.6. The molecule has 1 aromatic carbocycles. The number of benzene rings is 1. The zero-order valence-corrected chi connectivity index (χ0v) is 15.3. The summed E-state index contributed by atoms with van der Waals surface area (Å²) in [6, 6.07) is 10.2. The van der Waals surface area contributed by atoms with Gasteiger partial charge in [-0.25, -0.2) is 9.59 Å². The van der Waals surface area contributed by atoms with Crippen LogP contribution in [-0.4, -0.2) is 75.0 Å². The summed E-state index contributed by atoms with van der Waals surface area (Å²) in [7, 11) is 2.02. The highest BCUT2D eigenvalue weighted by Gasteiger charge is 2.29. The van der Waals surface area contributed by atoms with E-state index in [0.29, 0.717) is 0 Å². The summed E-state index contributed by atoms with van der Waals surface area (Å²) >= 11 is 0. The standard InChI is InChI=1S/C14H20N2O.C4H6O6/c1-11(12-7-4-3-5-8-12)15-14(17)13-9-6-10-16(13)2;5-1(3(7)8)2(6)4(9)10/h3-5,7-8,11,13H,6,9-10H2,1-2H3,(H,15,17);1-2,5-6H,(H,7,8)(H,9,10)/t11-,13-;/m1./s1. The largest absolute Gasteiger partial charge is 0.479 e. The number of aliphatic hydroxyl groups excluding tert-OH is 2. The van der Waals surface area contributed by atoms with E-state index in [1.165, 1.54) is 0 Å². The van der Waals surface area contributed by atoms with Crippen LogP contribution in [0.15, 0.2) is 30.3 Å². The molecule has 4 atom stereocenters. The number of aliphatic carboxylic acids is 2. The Balaban J connectivity index is 0.000000314. The van der Waals surface area contributed by atoms with Crippen molar-refractivity contribution in [3.05, 3.63) is 35.9 Å². The minimum Gasteiger partial charge on any atom is -0.479 e. The summed E-state index contributed by atoms with van der Waals surface area (Å²) in [6.45, 7) is 3.06. The summed E-state index contributed by atoms with van der Waals surface area (Å²) in [6.07, 6.45) is -2.44. The first-order valence-electron chi connectivity index (χ1n) is 8.52. The number of carbonyl (C=O) groups excluding carboxylic acids is 1. The number of hydrogen-bond donors (Lipinski definition) is 5. The maximum atomic E-state index is 12.1. The van der Waals surface area contributed by atoms with Crippen molar-refractivity contribution < 1.29 is 34.8 Å². The fourth-order valence-electron chi connectivity index (χ4n) is 2.65. The second-order valence-electron chi connectivity index (χ2n) is 6.35. The molecule has 2 unspecified atom stereocenters. The van der Waals surface area contributed by atoms with Crippen LogP contribution in [0.2, 0.25) is 0 Å². The zero-order valence-electron chi connectivity index (χ0n) is 15.3. The number of hydrogen-bond acceptors (Lipinski definition) is 6. The molecular weight excluding hydrogens is 356 g/mol. The Bertz CT molecular complexity index is 620. The fraction of sp³-hybridized carbons (Fsp3) is 0.500. The summed E-state index contributed by atoms with van der Waals surface area (Å²) in [5.74, 6) is -3.38. The van der Waals surface area contributed by atoms with Crippen LogP contribution < -0.4 is 5.32 Å². The van der Waals surface area contributed by atoms with Crippen LogP contribution >= 0.6 is 0 Å². The molecule has 1 aliphatic heterocycles. The molecule has 1 fully saturated rings. The topological polar surface area (TPSA) is 147 Å². The molecular formula is C18H26N2O7. The maximum Gasteiger partial charge on any atom is 0.335 e. The van der Waals surface area contributed by atoms with E-state index in [-0.39, 0.29) is 18.0 Å². The van der Waals surface area contributed by atoms with Crippen molar-refractivity contribution in [3.63, 3.8) is 0 Å². The van der Waals surface area contributed by atoms with Crippen molar-refractivity contribution in [2.45, 2.75) is 44.1 Å². The van der Waals surface area contributed by atoms with Crippen LogP contribution in [0.25, 0.3) is 0 Å². The molecule has 0 aromatic heterocycles. The van der Waals surface area contributed by atoms with Crippen LogP contribution in [0.1, 0.15) is 31.4 Å². The average Bonchev–Trinajstić information content (AvgIpc) is 3.07. The van der Waals surface area contributed by atoms with Gasteiger partial charge in [0.15, 0.2) is 12.2 Å². The number of carbonyl (C=O) groups is 3. The lowest BCUT2D eigenvalue weighted by atomic mass is 10.1. The molecule has 1 aliphatic rings. The molecule has 27 heavy (non-hydrogen) atoms. The molecule has 150 valence electrons. The Hall–Kier alpha value is -2.49. The molecule has 1 saturated heterocycles. The third-order valence-electron chi connectivity index (χ3n) is 4.29. The van der Waals surface area contributed by atoms with Gasteiger partial charge in [-0.3, -0.25) is 9.69 Å². The van der Waals surface area contributed by atoms with Crippen LogP contribution in [0.5, 0.6) is 0 Å². The second kappa shape index (κ2) is 10.6. The third-order valence-corrected chi connectivity index (χ3v) is 4.29. The Kier molecular flexibility index (Phi) is 8.86. The molecule has 9 nitrogen and oxygen atoms in total. The van der Waals surface area contributed by atoms with Crippen molar-refractivity contribution >= 4 is 17.8 Å². The lowest BCUT2D eigenvalue weighted by Gasteiger charge is -2.22. The van der Waals surface area contributed by atoms with E-state index in [1.54, 1.807) is 0 Å². The van der Waals surface area contributed by atoms with Crippen molar-refractivity contribution in [1.82, 2.24) is 10.2 Å². The highest BCUT2D eigenvalue weighted by molar-refractivity contribution is 5.83. The van der Waals surface area contributed by atoms with Crippen molar-refractivity contribution in [2.24, 2.45) is 0 Å². The molecule has 0 aliphatic carbocycles. The van der Waals surface area contributed by atoms with Gasteiger partial charge in [0.05, 0.1) is 12.1 Å². The molecule has 0 bridgehead atoms. The quantitative estimate of drug-likeness (QED) is 0.456. The number of aliphatic hydroxyl groups is 2. The average molecular weight is 382 g/mol. The first kappa shape index (κ1) is 22.6. The first-order valence-corrected chi connectivity index (χ1v) is 8.52. The van der Waals surface area contributed by atoms with E-state index in [4.69, 9.17) is 20.4 Å². The summed E-state index contributed by atoms with van der Waals surface area (Å²) in [4.78, 5) is 33.8. The highest BCUT2D eigenvalue weighted by Crippen LogP contribution is 2.17. The van der Waals surface area contributed by atoms with Gasteiger partial charge in [0.2, 0.25) is 5.91 Å². The molecule has 0 radical (unpaired) electrons. The molecule has 9 heteroatoms. The molecule has 1 heterocycles. The Morgan fingerprint density at radius 1 is 1.07 bits per heavy atom. The molecule has 0 spiro atoms. The van der Waals surface area contributed by atoms with Gasteiger partial charge in [-0.15, -0.1) is 0 Å². The van der Waals surface area contributed by atoms with E-state index < -0.39 is 24.1 Å². The lowest BCUT2D eigenvalue weighted by molar-refractivity contribution is -0.165. The van der Waals surface area contributed by atoms with E-state index >= 15 is 0 Å². The number of likely N-dealkylation sites (tertiary alicyclic amines) is 1. The van der Waals surface area contributed by atoms with Crippen molar-refractivity contribution in [3.8, 4) is 0 Å². The van der Waals surface area contributed by atoms with Crippen LogP contribution in [0, 0.1) is 0 Å². The van der Waals surface area contributed by atoms with Crippen molar-refractivity contribution in [2.75, 3.05) is 13.6 Å². The lowest BCUT2D eigenvalue weighted by Crippen LogP contribution is -2.42. The second-order valence-corrected chi connectivity index (χ2v) is 6.35. The number of likely N-dealkylation sites (N-methyl/N-ethyl adjacent to an activating group) is 1. The van der Waals surface area contributed by atoms with Crippen LogP contribution in [0.3, 0.4) is 0 Å². The molecule has 5 N–H and O–H groups in total. The maximum absolute atomic E-state index is 12.1. The number of nitrogens with zero attached hydrogens (tertiary/aromatic N) is 1. The minimum atomic E-state index is -2.27. The van der Waals surface area contributed by atoms with E-state index in [2.05, 4.69) is 10.2 Å². The Morgan fingerprint density at radius 3 is 2.00 bits per heavy atom. The normalized spacial score (nSPS) is 19.9. The highest BCUT2D eigenvalue weighted by atomic mass is 16.4. The Morgan fingerprint density at radius 2 is 1.59 bits per heavy atom. The zero-order chi connectivity index (χ0) is 20.6. The van der Waals surface area contributed by atoms with Gasteiger partial charge in [-0.2, -0.15) is 0 Å². The van der Waals surface area contributed by atoms with Gasteiger partial charge in [-0.1, -0.05) is 30.3 Å². The summed E-state index contributed by atoms with van der Waals surface area (Å²) in [5, 5.41) is 35.6. The summed E-state index contributed by atoms with van der Waals surface area (Å²) < 4.78 is 0. The number of carboxylic acids is 2. The number of amides is 1. The molecule has 0 saturated carbocycles. The Labute approximate surface area is 157 Å². The monoisotopic (exact) mass is 382 g/mol. The summed E-state index contributed by atoms with van der Waals surface area (Å²) in [5.41, 5.74) is 1.15. The third kappa shape index (κ3) is 6.97. The van der Waals surface area contributed by atoms with Gasteiger partial charge in [0, 0.05) is 0 Å². The van der Waals surface area contributed by atoms with E-state index in [1.807, 2.05) is 44.3 Å². The minimum absolute atomic E-state index is 0.0566. The van der Waals surface area contributed by atoms with Crippen molar-refractivity contribution in [1.29, 1.82) is 0 Å². The number of rotatable bonds is 6. The predicted molar refractivity (Wildman–Crippen MR) is 95.9 cm³/mol. The van der Waals surface area contributed by atoms with Crippen LogP contribution in [0.4, 0.5) is 0 Å². The molecule has 1 amide bonds. The molecule has 1 aromatic rings. The fourth-order valence-corrected chi connectivity index (χ4v) is 2.65. The van der Waals surface area contributed by atoms with E-state index in [0.717, 1.165) is 24.9 Å². The number of carboxylic acid groups (broad SMARTS) is 2. The van der Waals surface area contributed by atoms with Gasteiger partial charge >= 0.3 is 11.9 Å². The van der Waals surface area contributed by atoms with Gasteiger partial charge in [0.25, 0.3) is 0 Å². The predicted octanol–water partition coefficient (Wildman–Crippen LogP) is -0.165. The SMILES string of the molecule is C[C@@H](NC(=O)[C@H]1CCCN1C)c1ccccc1.O=C(O)C(O)C(O)C(=O)O. The van der Waals surface area contributed by atoms with E-state index in [9.17, 15) is 14.4 Å². The van der Waals surface area contributed by atoms with Gasteiger partial charge < -0.3 is 25.7 Å². The number of nitrogens with one attached hydrogen (secondary N) is 1. The van der Waals surface area contributed by atoms with Crippen LogP contribution in [-0.2, 0) is 14.4 Å².